The zero-order chi connectivity index (χ0) is 10.2. The van der Waals surface area contributed by atoms with Gasteiger partial charge in [0.25, 0.3) is 0 Å². The normalized spacial score (nSPS) is 11.6. The van der Waals surface area contributed by atoms with Crippen molar-refractivity contribution >= 4 is 17.3 Å². The minimum atomic E-state index is 0.530. The van der Waals surface area contributed by atoms with Gasteiger partial charge in [-0.15, -0.1) is 11.3 Å². The van der Waals surface area contributed by atoms with Gasteiger partial charge in [-0.2, -0.15) is 0 Å². The second-order valence-corrected chi connectivity index (χ2v) is 3.64. The molecule has 0 aliphatic rings. The standard InChI is InChI=1S/C9H16N4S/c1-2-4-11-9(10)12-5-3-8-6-14-7-13-8/h6-7H,2-5H2,1H3,(H3,10,11,12). The molecule has 0 aliphatic carbocycles. The van der Waals surface area contributed by atoms with Gasteiger partial charge in [-0.3, -0.25) is 4.99 Å². The molecular weight excluding hydrogens is 196 g/mol. The van der Waals surface area contributed by atoms with Gasteiger partial charge in [0.2, 0.25) is 0 Å². The van der Waals surface area contributed by atoms with Gasteiger partial charge < -0.3 is 11.1 Å². The van der Waals surface area contributed by atoms with Crippen LogP contribution in [0, 0.1) is 0 Å². The van der Waals surface area contributed by atoms with Gasteiger partial charge in [-0.05, 0) is 6.42 Å². The smallest absolute Gasteiger partial charge is 0.188 e. The predicted octanol–water partition coefficient (Wildman–Crippen LogP) is 1.000. The van der Waals surface area contributed by atoms with Crippen molar-refractivity contribution in [3.63, 3.8) is 0 Å². The molecule has 0 saturated heterocycles. The Morgan fingerprint density at radius 1 is 1.71 bits per heavy atom. The minimum absolute atomic E-state index is 0.530. The molecule has 3 N–H and O–H groups in total. The summed E-state index contributed by atoms with van der Waals surface area (Å²) in [7, 11) is 0. The molecule has 0 aliphatic heterocycles. The van der Waals surface area contributed by atoms with Gasteiger partial charge in [-0.1, -0.05) is 6.92 Å². The molecule has 0 unspecified atom stereocenters. The van der Waals surface area contributed by atoms with Crippen molar-refractivity contribution in [1.29, 1.82) is 0 Å². The molecule has 0 saturated carbocycles. The summed E-state index contributed by atoms with van der Waals surface area (Å²) in [4.78, 5) is 8.30. The van der Waals surface area contributed by atoms with Crippen LogP contribution in [-0.4, -0.2) is 24.0 Å². The predicted molar refractivity (Wildman–Crippen MR) is 60.6 cm³/mol. The molecule has 0 aromatic carbocycles. The highest BCUT2D eigenvalue weighted by Gasteiger charge is 1.95. The van der Waals surface area contributed by atoms with E-state index in [0.717, 1.165) is 31.6 Å². The Kier molecular flexibility index (Phi) is 4.99. The third-order valence-corrected chi connectivity index (χ3v) is 2.31. The molecule has 0 amide bonds. The molecule has 1 aromatic rings. The Morgan fingerprint density at radius 3 is 3.21 bits per heavy atom. The second kappa shape index (κ2) is 6.37. The molecule has 0 radical (unpaired) electrons. The van der Waals surface area contributed by atoms with Crippen molar-refractivity contribution in [3.8, 4) is 0 Å². The van der Waals surface area contributed by atoms with Gasteiger partial charge >= 0.3 is 0 Å². The van der Waals surface area contributed by atoms with Crippen molar-refractivity contribution in [2.45, 2.75) is 19.8 Å². The summed E-state index contributed by atoms with van der Waals surface area (Å²) in [6, 6.07) is 0. The first-order valence-electron chi connectivity index (χ1n) is 4.73. The number of thiazole rings is 1. The molecule has 0 spiro atoms. The number of guanidine groups is 1. The van der Waals surface area contributed by atoms with Crippen molar-refractivity contribution in [2.75, 3.05) is 13.1 Å². The first kappa shape index (κ1) is 11.0. The van der Waals surface area contributed by atoms with Crippen LogP contribution in [-0.2, 0) is 6.42 Å². The van der Waals surface area contributed by atoms with Crippen LogP contribution < -0.4 is 11.1 Å². The lowest BCUT2D eigenvalue weighted by molar-refractivity contribution is 0.826. The van der Waals surface area contributed by atoms with E-state index in [-0.39, 0.29) is 0 Å². The summed E-state index contributed by atoms with van der Waals surface area (Å²) in [6.07, 6.45) is 1.92. The summed E-state index contributed by atoms with van der Waals surface area (Å²) < 4.78 is 0. The first-order chi connectivity index (χ1) is 6.83. The maximum absolute atomic E-state index is 5.62. The van der Waals surface area contributed by atoms with E-state index >= 15 is 0 Å². The number of hydrogen-bond donors (Lipinski definition) is 2. The number of rotatable bonds is 5. The number of nitrogens with zero attached hydrogens (tertiary/aromatic N) is 2. The minimum Gasteiger partial charge on any atom is -0.370 e. The lowest BCUT2D eigenvalue weighted by Crippen LogP contribution is -2.33. The molecular formula is C9H16N4S. The van der Waals surface area contributed by atoms with Crippen molar-refractivity contribution in [1.82, 2.24) is 10.3 Å². The number of aliphatic imine (C=N–C) groups is 1. The Hall–Kier alpha value is -1.10. The number of aromatic nitrogens is 1. The summed E-state index contributed by atoms with van der Waals surface area (Å²) in [5.41, 5.74) is 8.56. The topological polar surface area (TPSA) is 63.3 Å². The van der Waals surface area contributed by atoms with E-state index in [1.807, 2.05) is 10.9 Å². The average molecular weight is 212 g/mol. The Labute approximate surface area is 88.3 Å². The number of nitrogens with two attached hydrogens (primary N) is 1. The van der Waals surface area contributed by atoms with Crippen LogP contribution in [0.25, 0.3) is 0 Å². The Bertz CT molecular complexity index is 268. The van der Waals surface area contributed by atoms with Crippen LogP contribution in [0.3, 0.4) is 0 Å². The number of hydrogen-bond acceptors (Lipinski definition) is 3. The SMILES string of the molecule is CCCN=C(N)NCCc1cscn1. The quantitative estimate of drug-likeness (QED) is 0.565. The first-order valence-corrected chi connectivity index (χ1v) is 5.68. The molecule has 78 valence electrons. The number of nitrogens with one attached hydrogen (secondary N) is 1. The third-order valence-electron chi connectivity index (χ3n) is 1.68. The maximum atomic E-state index is 5.62. The van der Waals surface area contributed by atoms with E-state index in [1.54, 1.807) is 11.3 Å². The highest BCUT2D eigenvalue weighted by atomic mass is 32.1. The molecule has 4 nitrogen and oxygen atoms in total. The monoisotopic (exact) mass is 212 g/mol. The molecule has 1 aromatic heterocycles. The highest BCUT2D eigenvalue weighted by Crippen LogP contribution is 2.00. The Balaban J connectivity index is 2.15. The van der Waals surface area contributed by atoms with Gasteiger partial charge in [0.1, 0.15) is 0 Å². The molecule has 0 bridgehead atoms. The van der Waals surface area contributed by atoms with Crippen LogP contribution in [0.5, 0.6) is 0 Å². The van der Waals surface area contributed by atoms with Crippen LogP contribution in [0.15, 0.2) is 15.9 Å². The van der Waals surface area contributed by atoms with Crippen molar-refractivity contribution in [2.24, 2.45) is 10.7 Å². The lowest BCUT2D eigenvalue weighted by Gasteiger charge is -2.03. The zero-order valence-electron chi connectivity index (χ0n) is 8.36. The highest BCUT2D eigenvalue weighted by molar-refractivity contribution is 7.07. The maximum Gasteiger partial charge on any atom is 0.188 e. The van der Waals surface area contributed by atoms with Crippen molar-refractivity contribution in [3.05, 3.63) is 16.6 Å². The molecule has 0 atom stereocenters. The summed E-state index contributed by atoms with van der Waals surface area (Å²) in [5.74, 6) is 0.530. The van der Waals surface area contributed by atoms with Gasteiger partial charge in [0.15, 0.2) is 5.96 Å². The third kappa shape index (κ3) is 4.23. The average Bonchev–Trinajstić information content (AvgIpc) is 2.67. The van der Waals surface area contributed by atoms with Crippen molar-refractivity contribution < 1.29 is 0 Å². The van der Waals surface area contributed by atoms with E-state index in [9.17, 15) is 0 Å². The van der Waals surface area contributed by atoms with Gasteiger partial charge in [0, 0.05) is 24.9 Å². The lowest BCUT2D eigenvalue weighted by atomic mass is 10.3. The van der Waals surface area contributed by atoms with E-state index in [1.165, 1.54) is 0 Å². The fourth-order valence-electron chi connectivity index (χ4n) is 0.968. The summed E-state index contributed by atoms with van der Waals surface area (Å²) >= 11 is 1.61. The van der Waals surface area contributed by atoms with Crippen LogP contribution in [0.1, 0.15) is 19.0 Å². The largest absolute Gasteiger partial charge is 0.370 e. The molecule has 1 heterocycles. The van der Waals surface area contributed by atoms with E-state index < -0.39 is 0 Å². The van der Waals surface area contributed by atoms with Gasteiger partial charge in [-0.25, -0.2) is 4.98 Å². The van der Waals surface area contributed by atoms with E-state index in [2.05, 4.69) is 22.2 Å². The Morgan fingerprint density at radius 2 is 2.57 bits per heavy atom. The summed E-state index contributed by atoms with van der Waals surface area (Å²) in [5, 5.41) is 5.09. The van der Waals surface area contributed by atoms with E-state index in [4.69, 9.17) is 5.73 Å². The molecule has 5 heteroatoms. The molecule has 1 rings (SSSR count). The second-order valence-electron chi connectivity index (χ2n) is 2.92. The molecule has 14 heavy (non-hydrogen) atoms. The van der Waals surface area contributed by atoms with Gasteiger partial charge in [0.05, 0.1) is 11.2 Å². The summed E-state index contributed by atoms with van der Waals surface area (Å²) in [6.45, 7) is 3.66. The van der Waals surface area contributed by atoms with E-state index in [0.29, 0.717) is 5.96 Å². The van der Waals surface area contributed by atoms with Crippen LogP contribution in [0.2, 0.25) is 0 Å². The zero-order valence-corrected chi connectivity index (χ0v) is 9.18. The molecule has 0 fully saturated rings. The van der Waals surface area contributed by atoms with Crippen LogP contribution in [0.4, 0.5) is 0 Å². The fourth-order valence-corrected chi connectivity index (χ4v) is 1.56. The fraction of sp³-hybridized carbons (Fsp3) is 0.556. The van der Waals surface area contributed by atoms with Crippen LogP contribution >= 0.6 is 11.3 Å².